The van der Waals surface area contributed by atoms with Gasteiger partial charge in [-0.05, 0) is 12.0 Å². The Balaban J connectivity index is 0.000000921. The summed E-state index contributed by atoms with van der Waals surface area (Å²) in [7, 11) is 1.76. The first kappa shape index (κ1) is 13.4. The van der Waals surface area contributed by atoms with Crippen LogP contribution < -0.4 is 5.32 Å². The molecule has 0 saturated carbocycles. The fourth-order valence-corrected chi connectivity index (χ4v) is 1.22. The lowest BCUT2D eigenvalue weighted by atomic mass is 10.1. The molecule has 0 amide bonds. The predicted molar refractivity (Wildman–Crippen MR) is 63.4 cm³/mol. The zero-order chi connectivity index (χ0) is 11.8. The number of rotatable bonds is 3. The number of hydrogen-bond donors (Lipinski definition) is 1. The summed E-state index contributed by atoms with van der Waals surface area (Å²) < 4.78 is 0. The van der Waals surface area contributed by atoms with E-state index in [-0.39, 0.29) is 10.6 Å². The van der Waals surface area contributed by atoms with Crippen molar-refractivity contribution in [1.29, 1.82) is 0 Å². The van der Waals surface area contributed by atoms with Crippen LogP contribution in [0.2, 0.25) is 0 Å². The van der Waals surface area contributed by atoms with Gasteiger partial charge in [0.1, 0.15) is 0 Å². The van der Waals surface area contributed by atoms with Crippen LogP contribution in [0.4, 0.5) is 11.4 Å². The van der Waals surface area contributed by atoms with Crippen molar-refractivity contribution >= 4 is 11.4 Å². The van der Waals surface area contributed by atoms with E-state index in [0.717, 1.165) is 17.7 Å². The lowest BCUT2D eigenvalue weighted by Gasteiger charge is -2.05. The second kappa shape index (κ2) is 6.81. The predicted octanol–water partition coefficient (Wildman–Crippen LogP) is 3.23. The maximum Gasteiger partial charge on any atom is 0.271 e. The van der Waals surface area contributed by atoms with Gasteiger partial charge in [-0.3, -0.25) is 10.1 Å². The lowest BCUT2D eigenvalue weighted by Crippen LogP contribution is -1.96. The molecule has 0 unspecified atom stereocenters. The molecule has 84 valence electrons. The van der Waals surface area contributed by atoms with Gasteiger partial charge in [0.25, 0.3) is 5.69 Å². The number of nitrogens with zero attached hydrogens (tertiary/aromatic N) is 1. The van der Waals surface area contributed by atoms with Crippen LogP contribution in [-0.4, -0.2) is 12.0 Å². The maximum atomic E-state index is 10.4. The Labute approximate surface area is 90.5 Å². The van der Waals surface area contributed by atoms with Gasteiger partial charge in [-0.15, -0.1) is 0 Å². The summed E-state index contributed by atoms with van der Waals surface area (Å²) >= 11 is 0. The van der Waals surface area contributed by atoms with Crippen molar-refractivity contribution in [2.24, 2.45) is 0 Å². The second-order valence-electron chi connectivity index (χ2n) is 2.70. The molecule has 1 aromatic carbocycles. The van der Waals surface area contributed by atoms with Crippen LogP contribution in [0.1, 0.15) is 26.3 Å². The smallest absolute Gasteiger partial charge is 0.271 e. The number of nitro groups is 1. The Morgan fingerprint density at radius 1 is 1.40 bits per heavy atom. The maximum absolute atomic E-state index is 10.4. The Morgan fingerprint density at radius 3 is 2.40 bits per heavy atom. The van der Waals surface area contributed by atoms with E-state index in [9.17, 15) is 10.1 Å². The Kier molecular flexibility index (Phi) is 6.09. The largest absolute Gasteiger partial charge is 0.388 e. The van der Waals surface area contributed by atoms with E-state index >= 15 is 0 Å². The molecule has 0 bridgehead atoms. The molecule has 0 aliphatic carbocycles. The van der Waals surface area contributed by atoms with E-state index in [2.05, 4.69) is 5.32 Å². The van der Waals surface area contributed by atoms with Crippen molar-refractivity contribution in [2.45, 2.75) is 27.2 Å². The van der Waals surface area contributed by atoms with E-state index in [1.807, 2.05) is 20.8 Å². The van der Waals surface area contributed by atoms with Gasteiger partial charge in [0.2, 0.25) is 0 Å². The number of hydrogen-bond acceptors (Lipinski definition) is 3. The number of benzene rings is 1. The van der Waals surface area contributed by atoms with Gasteiger partial charge in [-0.2, -0.15) is 0 Å². The van der Waals surface area contributed by atoms with Crippen LogP contribution in [0, 0.1) is 10.1 Å². The third kappa shape index (κ3) is 3.58. The molecule has 0 fully saturated rings. The summed E-state index contributed by atoms with van der Waals surface area (Å²) in [5.41, 5.74) is 2.05. The average Bonchev–Trinajstić information content (AvgIpc) is 2.30. The van der Waals surface area contributed by atoms with Crippen molar-refractivity contribution in [3.05, 3.63) is 33.9 Å². The molecular weight excluding hydrogens is 192 g/mol. The van der Waals surface area contributed by atoms with Gasteiger partial charge in [-0.1, -0.05) is 26.8 Å². The Bertz CT molecular complexity index is 324. The molecule has 1 N–H and O–H groups in total. The minimum atomic E-state index is -0.389. The van der Waals surface area contributed by atoms with Crippen molar-refractivity contribution in [2.75, 3.05) is 12.4 Å². The molecule has 0 atom stereocenters. The van der Waals surface area contributed by atoms with E-state index in [4.69, 9.17) is 0 Å². The Hall–Kier alpha value is -1.58. The van der Waals surface area contributed by atoms with Gasteiger partial charge in [0, 0.05) is 24.9 Å². The van der Waals surface area contributed by atoms with Gasteiger partial charge < -0.3 is 5.32 Å². The van der Waals surface area contributed by atoms with Gasteiger partial charge in [0.05, 0.1) is 4.92 Å². The highest BCUT2D eigenvalue weighted by Crippen LogP contribution is 2.22. The first-order valence-electron chi connectivity index (χ1n) is 5.14. The lowest BCUT2D eigenvalue weighted by molar-refractivity contribution is -0.384. The number of aryl methyl sites for hydroxylation is 1. The topological polar surface area (TPSA) is 55.2 Å². The molecular formula is C11H18N2O2. The minimum Gasteiger partial charge on any atom is -0.388 e. The van der Waals surface area contributed by atoms with Crippen molar-refractivity contribution in [3.63, 3.8) is 0 Å². The molecule has 1 rings (SSSR count). The fourth-order valence-electron chi connectivity index (χ4n) is 1.22. The van der Waals surface area contributed by atoms with Crippen molar-refractivity contribution in [1.82, 2.24) is 0 Å². The first-order valence-corrected chi connectivity index (χ1v) is 5.14. The third-order valence-corrected chi connectivity index (χ3v) is 1.95. The van der Waals surface area contributed by atoms with E-state index in [1.165, 1.54) is 6.07 Å². The van der Waals surface area contributed by atoms with Crippen LogP contribution in [0.25, 0.3) is 0 Å². The molecule has 0 spiro atoms. The summed E-state index contributed by atoms with van der Waals surface area (Å²) in [5, 5.41) is 13.4. The normalized spacial score (nSPS) is 8.80. The highest BCUT2D eigenvalue weighted by molar-refractivity contribution is 5.56. The molecule has 0 radical (unpaired) electrons. The summed E-state index contributed by atoms with van der Waals surface area (Å²) in [5.74, 6) is 0. The third-order valence-electron chi connectivity index (χ3n) is 1.95. The summed E-state index contributed by atoms with van der Waals surface area (Å²) in [6.45, 7) is 6.02. The molecule has 4 nitrogen and oxygen atoms in total. The quantitative estimate of drug-likeness (QED) is 0.615. The van der Waals surface area contributed by atoms with Crippen molar-refractivity contribution < 1.29 is 4.92 Å². The molecule has 4 heteroatoms. The SMILES string of the molecule is CC.CCc1ccc([N+](=O)[O-])cc1NC. The number of nitrogens with one attached hydrogen (secondary N) is 1. The summed E-state index contributed by atoms with van der Waals surface area (Å²) in [6, 6.07) is 4.86. The highest BCUT2D eigenvalue weighted by atomic mass is 16.6. The zero-order valence-electron chi connectivity index (χ0n) is 9.70. The van der Waals surface area contributed by atoms with Gasteiger partial charge in [0.15, 0.2) is 0 Å². The number of non-ortho nitro benzene ring substituents is 1. The molecule has 0 saturated heterocycles. The molecule has 0 aliphatic rings. The van der Waals surface area contributed by atoms with Gasteiger partial charge >= 0.3 is 0 Å². The standard InChI is InChI=1S/C9H12N2O2.C2H6/c1-3-7-4-5-8(11(12)13)6-9(7)10-2;1-2/h4-6,10H,3H2,1-2H3;1-2H3. The number of nitro benzene ring substituents is 1. The zero-order valence-corrected chi connectivity index (χ0v) is 9.70. The second-order valence-corrected chi connectivity index (χ2v) is 2.70. The average molecular weight is 210 g/mol. The molecule has 1 aromatic rings. The van der Waals surface area contributed by atoms with Crippen LogP contribution in [0.15, 0.2) is 18.2 Å². The fraction of sp³-hybridized carbons (Fsp3) is 0.455. The van der Waals surface area contributed by atoms with E-state index in [1.54, 1.807) is 19.2 Å². The van der Waals surface area contributed by atoms with Crippen LogP contribution in [-0.2, 0) is 6.42 Å². The summed E-state index contributed by atoms with van der Waals surface area (Å²) in [6.07, 6.45) is 0.869. The molecule has 15 heavy (non-hydrogen) atoms. The summed E-state index contributed by atoms with van der Waals surface area (Å²) in [4.78, 5) is 10.1. The highest BCUT2D eigenvalue weighted by Gasteiger charge is 2.07. The molecule has 0 heterocycles. The van der Waals surface area contributed by atoms with Crippen LogP contribution in [0.3, 0.4) is 0 Å². The monoisotopic (exact) mass is 210 g/mol. The van der Waals surface area contributed by atoms with Crippen LogP contribution in [0.5, 0.6) is 0 Å². The van der Waals surface area contributed by atoms with Crippen molar-refractivity contribution in [3.8, 4) is 0 Å². The minimum absolute atomic E-state index is 0.126. The van der Waals surface area contributed by atoms with Crippen LogP contribution >= 0.6 is 0 Å². The van der Waals surface area contributed by atoms with E-state index < -0.39 is 0 Å². The van der Waals surface area contributed by atoms with E-state index in [0.29, 0.717) is 0 Å². The first-order chi connectivity index (χ1) is 7.19. The molecule has 0 aromatic heterocycles. The number of anilines is 1. The Morgan fingerprint density at radius 2 is 2.00 bits per heavy atom. The van der Waals surface area contributed by atoms with Gasteiger partial charge in [-0.25, -0.2) is 0 Å². The molecule has 0 aliphatic heterocycles.